The predicted octanol–water partition coefficient (Wildman–Crippen LogP) is 3.59. The lowest BCUT2D eigenvalue weighted by Crippen LogP contribution is -2.45. The van der Waals surface area contributed by atoms with Crippen molar-refractivity contribution in [2.45, 2.75) is 31.8 Å². The molecule has 0 bridgehead atoms. The number of anilines is 1. The summed E-state index contributed by atoms with van der Waals surface area (Å²) in [5.74, 6) is -0.607. The van der Waals surface area contributed by atoms with E-state index in [1.807, 2.05) is 12.1 Å². The molecular formula is C25H29F2N5O2S. The maximum atomic E-state index is 14.7. The molecule has 1 fully saturated rings. The zero-order valence-electron chi connectivity index (χ0n) is 19.5. The summed E-state index contributed by atoms with van der Waals surface area (Å²) in [6, 6.07) is 13.4. The van der Waals surface area contributed by atoms with Gasteiger partial charge in [0.1, 0.15) is 11.5 Å². The van der Waals surface area contributed by atoms with Gasteiger partial charge in [0, 0.05) is 24.7 Å². The SMILES string of the molecule is CS(=O)(=O)N(Cc1cccc(-c2nc(NCCc3cccc(F)c3)ncc2F)c1)C1CCNCC1. The lowest BCUT2D eigenvalue weighted by atomic mass is 10.0. The Kier molecular flexibility index (Phi) is 8.04. The molecule has 2 aromatic carbocycles. The van der Waals surface area contributed by atoms with E-state index in [2.05, 4.69) is 20.6 Å². The van der Waals surface area contributed by atoms with Gasteiger partial charge in [0.05, 0.1) is 12.5 Å². The summed E-state index contributed by atoms with van der Waals surface area (Å²) in [5, 5.41) is 6.31. The van der Waals surface area contributed by atoms with Crippen LogP contribution in [0, 0.1) is 11.6 Å². The number of halogens is 2. The quantitative estimate of drug-likeness (QED) is 0.466. The second-order valence-electron chi connectivity index (χ2n) is 8.69. The van der Waals surface area contributed by atoms with Gasteiger partial charge in [0.25, 0.3) is 0 Å². The topological polar surface area (TPSA) is 87.2 Å². The Labute approximate surface area is 204 Å². The number of nitrogens with zero attached hydrogens (tertiary/aromatic N) is 3. The van der Waals surface area contributed by atoms with Crippen molar-refractivity contribution in [3.8, 4) is 11.3 Å². The monoisotopic (exact) mass is 501 g/mol. The highest BCUT2D eigenvalue weighted by Crippen LogP contribution is 2.25. The summed E-state index contributed by atoms with van der Waals surface area (Å²) in [6.45, 7) is 2.21. The lowest BCUT2D eigenvalue weighted by Gasteiger charge is -2.32. The molecule has 1 aromatic heterocycles. The Bertz CT molecular complexity index is 1270. The van der Waals surface area contributed by atoms with Crippen molar-refractivity contribution in [2.24, 2.45) is 0 Å². The zero-order valence-corrected chi connectivity index (χ0v) is 20.4. The summed E-state index contributed by atoms with van der Waals surface area (Å²) < 4.78 is 54.6. The van der Waals surface area contributed by atoms with E-state index in [1.54, 1.807) is 24.3 Å². The third-order valence-corrected chi connectivity index (χ3v) is 7.29. The van der Waals surface area contributed by atoms with Crippen LogP contribution in [0.25, 0.3) is 11.3 Å². The van der Waals surface area contributed by atoms with Crippen LogP contribution in [0.15, 0.2) is 54.7 Å². The largest absolute Gasteiger partial charge is 0.354 e. The summed E-state index contributed by atoms with van der Waals surface area (Å²) in [7, 11) is -3.42. The standard InChI is InChI=1S/C25H29F2N5O2S/c1-35(33,34)32(22-9-11-28-12-10-22)17-19-5-2-6-20(14-19)24-23(27)16-30-25(31-24)29-13-8-18-4-3-7-21(26)15-18/h2-7,14-16,22,28H,8-13,17H2,1H3,(H,29,30,31). The van der Waals surface area contributed by atoms with Crippen LogP contribution in [-0.2, 0) is 23.0 Å². The highest BCUT2D eigenvalue weighted by Gasteiger charge is 2.28. The predicted molar refractivity (Wildman–Crippen MR) is 132 cm³/mol. The van der Waals surface area contributed by atoms with Crippen LogP contribution in [0.4, 0.5) is 14.7 Å². The molecule has 10 heteroatoms. The van der Waals surface area contributed by atoms with Crippen LogP contribution in [0.3, 0.4) is 0 Å². The van der Waals surface area contributed by atoms with E-state index in [4.69, 9.17) is 0 Å². The molecule has 1 saturated heterocycles. The summed E-state index contributed by atoms with van der Waals surface area (Å²) in [6.07, 6.45) is 4.39. The number of aromatic nitrogens is 2. The fraction of sp³-hybridized carbons (Fsp3) is 0.360. The first-order chi connectivity index (χ1) is 16.8. The van der Waals surface area contributed by atoms with Crippen molar-refractivity contribution >= 4 is 16.0 Å². The van der Waals surface area contributed by atoms with Crippen LogP contribution in [0.5, 0.6) is 0 Å². The molecule has 1 aliphatic rings. The van der Waals surface area contributed by atoms with E-state index >= 15 is 0 Å². The minimum absolute atomic E-state index is 0.0698. The first-order valence-corrected chi connectivity index (χ1v) is 13.4. The molecule has 0 amide bonds. The average molecular weight is 502 g/mol. The van der Waals surface area contributed by atoms with Gasteiger partial charge in [0.2, 0.25) is 16.0 Å². The second kappa shape index (κ2) is 11.2. The van der Waals surface area contributed by atoms with Gasteiger partial charge in [-0.1, -0.05) is 30.3 Å². The van der Waals surface area contributed by atoms with E-state index in [1.165, 1.54) is 22.7 Å². The second-order valence-corrected chi connectivity index (χ2v) is 10.6. The molecule has 4 rings (SSSR count). The first kappa shape index (κ1) is 25.2. The van der Waals surface area contributed by atoms with E-state index in [0.29, 0.717) is 18.5 Å². The summed E-state index contributed by atoms with van der Waals surface area (Å²) >= 11 is 0. The normalized spacial score (nSPS) is 14.9. The number of benzene rings is 2. The first-order valence-electron chi connectivity index (χ1n) is 11.6. The lowest BCUT2D eigenvalue weighted by molar-refractivity contribution is 0.258. The zero-order chi connectivity index (χ0) is 24.8. The molecule has 0 unspecified atom stereocenters. The Morgan fingerprint density at radius 2 is 1.83 bits per heavy atom. The molecule has 7 nitrogen and oxygen atoms in total. The molecule has 186 valence electrons. The maximum absolute atomic E-state index is 14.7. The van der Waals surface area contributed by atoms with Crippen LogP contribution in [0.2, 0.25) is 0 Å². The van der Waals surface area contributed by atoms with Gasteiger partial charge in [-0.15, -0.1) is 0 Å². The highest BCUT2D eigenvalue weighted by atomic mass is 32.2. The number of hydrogen-bond donors (Lipinski definition) is 2. The fourth-order valence-corrected chi connectivity index (χ4v) is 5.41. The van der Waals surface area contributed by atoms with Gasteiger partial charge >= 0.3 is 0 Å². The van der Waals surface area contributed by atoms with Crippen LogP contribution >= 0.6 is 0 Å². The Balaban J connectivity index is 1.49. The van der Waals surface area contributed by atoms with Gasteiger partial charge in [0.15, 0.2) is 5.82 Å². The van der Waals surface area contributed by atoms with Crippen molar-refractivity contribution in [1.29, 1.82) is 0 Å². The van der Waals surface area contributed by atoms with Crippen molar-refractivity contribution in [3.05, 3.63) is 77.5 Å². The van der Waals surface area contributed by atoms with Gasteiger partial charge in [-0.05, 0) is 61.7 Å². The van der Waals surface area contributed by atoms with E-state index < -0.39 is 15.8 Å². The van der Waals surface area contributed by atoms with Gasteiger partial charge < -0.3 is 10.6 Å². The van der Waals surface area contributed by atoms with Crippen molar-refractivity contribution < 1.29 is 17.2 Å². The van der Waals surface area contributed by atoms with Gasteiger partial charge in [-0.2, -0.15) is 4.31 Å². The minimum Gasteiger partial charge on any atom is -0.354 e. The number of sulfonamides is 1. The third kappa shape index (κ3) is 6.81. The van der Waals surface area contributed by atoms with Gasteiger partial charge in [-0.3, -0.25) is 0 Å². The van der Waals surface area contributed by atoms with Crippen LogP contribution in [0.1, 0.15) is 24.0 Å². The molecule has 2 N–H and O–H groups in total. The molecule has 1 aliphatic heterocycles. The van der Waals surface area contributed by atoms with Crippen molar-refractivity contribution in [2.75, 3.05) is 31.2 Å². The molecule has 0 spiro atoms. The number of piperidine rings is 1. The molecule has 2 heterocycles. The molecule has 35 heavy (non-hydrogen) atoms. The summed E-state index contributed by atoms with van der Waals surface area (Å²) in [4.78, 5) is 8.35. The van der Waals surface area contributed by atoms with E-state index in [-0.39, 0.29) is 30.0 Å². The number of rotatable bonds is 9. The van der Waals surface area contributed by atoms with Crippen LogP contribution in [-0.4, -0.2) is 54.6 Å². The molecule has 0 atom stereocenters. The maximum Gasteiger partial charge on any atom is 0.223 e. The average Bonchev–Trinajstić information content (AvgIpc) is 2.84. The van der Waals surface area contributed by atoms with Crippen LogP contribution < -0.4 is 10.6 Å². The Morgan fingerprint density at radius 1 is 1.09 bits per heavy atom. The smallest absolute Gasteiger partial charge is 0.223 e. The molecule has 0 saturated carbocycles. The Hall–Kier alpha value is -2.95. The fourth-order valence-electron chi connectivity index (χ4n) is 4.27. The number of nitrogens with one attached hydrogen (secondary N) is 2. The molecular weight excluding hydrogens is 472 g/mol. The molecule has 0 radical (unpaired) electrons. The van der Waals surface area contributed by atoms with Gasteiger partial charge in [-0.25, -0.2) is 27.2 Å². The molecule has 0 aliphatic carbocycles. The molecule has 3 aromatic rings. The third-order valence-electron chi connectivity index (χ3n) is 6.01. The Morgan fingerprint density at radius 3 is 2.57 bits per heavy atom. The van der Waals surface area contributed by atoms with E-state index in [9.17, 15) is 17.2 Å². The number of hydrogen-bond acceptors (Lipinski definition) is 6. The summed E-state index contributed by atoms with van der Waals surface area (Å²) in [5.41, 5.74) is 2.25. The minimum atomic E-state index is -3.42. The van der Waals surface area contributed by atoms with E-state index in [0.717, 1.165) is 43.3 Å². The van der Waals surface area contributed by atoms with Crippen molar-refractivity contribution in [1.82, 2.24) is 19.6 Å². The highest BCUT2D eigenvalue weighted by molar-refractivity contribution is 7.88. The van der Waals surface area contributed by atoms with Crippen molar-refractivity contribution in [3.63, 3.8) is 0 Å².